The number of carbonyl (C=O) groups excluding carboxylic acids is 3. The fraction of sp³-hybridized carbons (Fsp3) is 0.774. The number of quaternary nitrogens is 1. The molecule has 0 aromatic heterocycles. The summed E-state index contributed by atoms with van der Waals surface area (Å²) in [6.45, 7) is 4.42. The van der Waals surface area contributed by atoms with Crippen molar-refractivity contribution < 1.29 is 38.2 Å². The number of nitrogens with zero attached hydrogens (tertiary/aromatic N) is 1. The molecule has 0 saturated heterocycles. The summed E-state index contributed by atoms with van der Waals surface area (Å²) in [6.07, 6.45) is 19.7. The lowest BCUT2D eigenvalue weighted by Gasteiger charge is -2.34. The zero-order valence-electron chi connectivity index (χ0n) is 25.3. The van der Waals surface area contributed by atoms with Crippen LogP contribution in [0.4, 0.5) is 0 Å². The minimum atomic E-state index is -1.14. The van der Waals surface area contributed by atoms with E-state index in [2.05, 4.69) is 26.0 Å². The van der Waals surface area contributed by atoms with Crippen LogP contribution in [-0.2, 0) is 28.6 Å². The van der Waals surface area contributed by atoms with Gasteiger partial charge in [-0.2, -0.15) is 0 Å². The number of rotatable bonds is 25. The van der Waals surface area contributed by atoms with Gasteiger partial charge in [0.1, 0.15) is 12.6 Å². The van der Waals surface area contributed by atoms with Gasteiger partial charge in [0, 0.05) is 19.3 Å². The normalized spacial score (nSPS) is 13.6. The molecule has 8 heteroatoms. The van der Waals surface area contributed by atoms with Crippen molar-refractivity contribution in [2.75, 3.05) is 41.0 Å². The number of ether oxygens (including phenoxy) is 3. The van der Waals surface area contributed by atoms with Crippen LogP contribution in [0.5, 0.6) is 0 Å². The van der Waals surface area contributed by atoms with Crippen molar-refractivity contribution in [2.45, 2.75) is 116 Å². The van der Waals surface area contributed by atoms with Crippen LogP contribution in [0.25, 0.3) is 0 Å². The van der Waals surface area contributed by atoms with Crippen LogP contribution in [0.2, 0.25) is 0 Å². The summed E-state index contributed by atoms with van der Waals surface area (Å²) in [5.41, 5.74) is 0. The number of carboxylic acid groups (broad SMARTS) is 1. The van der Waals surface area contributed by atoms with Gasteiger partial charge in [0.2, 0.25) is 0 Å². The lowest BCUT2D eigenvalue weighted by Crippen LogP contribution is -2.55. The maximum Gasteiger partial charge on any atom is 0.306 e. The number of unbranched alkanes of at least 4 members (excludes halogenated alkanes) is 7. The zero-order valence-corrected chi connectivity index (χ0v) is 25.3. The lowest BCUT2D eigenvalue weighted by atomic mass is 10.1. The van der Waals surface area contributed by atoms with Gasteiger partial charge in [-0.3, -0.25) is 9.59 Å². The van der Waals surface area contributed by atoms with Gasteiger partial charge in [0.05, 0.1) is 40.3 Å². The van der Waals surface area contributed by atoms with Crippen LogP contribution >= 0.6 is 0 Å². The van der Waals surface area contributed by atoms with E-state index < -0.39 is 18.1 Å². The number of likely N-dealkylation sites (N-methyl/N-ethyl adjacent to an activating group) is 1. The smallest absolute Gasteiger partial charge is 0.306 e. The summed E-state index contributed by atoms with van der Waals surface area (Å²) in [7, 11) is 5.35. The number of hydrogen-bond acceptors (Lipinski definition) is 7. The second-order valence-electron chi connectivity index (χ2n) is 11.0. The second-order valence-corrected chi connectivity index (χ2v) is 11.0. The van der Waals surface area contributed by atoms with E-state index in [1.165, 1.54) is 32.1 Å². The Morgan fingerprint density at radius 1 is 0.744 bits per heavy atom. The lowest BCUT2D eigenvalue weighted by molar-refractivity contribution is -0.889. The van der Waals surface area contributed by atoms with Crippen molar-refractivity contribution in [1.29, 1.82) is 0 Å². The van der Waals surface area contributed by atoms with Crippen molar-refractivity contribution in [3.8, 4) is 0 Å². The molecule has 226 valence electrons. The first kappa shape index (κ1) is 36.8. The van der Waals surface area contributed by atoms with Gasteiger partial charge in [-0.15, -0.1) is 0 Å². The Hall–Kier alpha value is -2.19. The van der Waals surface area contributed by atoms with Crippen molar-refractivity contribution >= 4 is 17.9 Å². The Balaban J connectivity index is 4.66. The predicted octanol–water partition coefficient (Wildman–Crippen LogP) is 4.90. The van der Waals surface area contributed by atoms with Crippen molar-refractivity contribution in [1.82, 2.24) is 0 Å². The summed E-state index contributed by atoms with van der Waals surface area (Å²) < 4.78 is 16.8. The van der Waals surface area contributed by atoms with Gasteiger partial charge in [0.25, 0.3) is 0 Å². The standard InChI is InChI=1S/C31H55NO7/c1-6-8-10-12-14-16-18-20-22-30(34)39-27(25-37-24-23-28(31(35)36)32(3,4)5)26-38-29(33)21-19-17-15-13-11-9-7-2/h15-18,27-28H,6-14,19-26H2,1-5H3/b17-15+,18-16+. The van der Waals surface area contributed by atoms with E-state index in [0.717, 1.165) is 25.7 Å². The molecule has 0 saturated carbocycles. The van der Waals surface area contributed by atoms with E-state index in [0.29, 0.717) is 12.8 Å². The summed E-state index contributed by atoms with van der Waals surface area (Å²) in [5, 5.41) is 11.5. The largest absolute Gasteiger partial charge is 0.544 e. The Kier molecular flexibility index (Phi) is 22.3. The molecule has 39 heavy (non-hydrogen) atoms. The number of aliphatic carboxylic acids is 1. The fourth-order valence-corrected chi connectivity index (χ4v) is 3.93. The average molecular weight is 554 g/mol. The van der Waals surface area contributed by atoms with Gasteiger partial charge in [0.15, 0.2) is 6.10 Å². The number of carbonyl (C=O) groups is 3. The Morgan fingerprint density at radius 2 is 1.28 bits per heavy atom. The second kappa shape index (κ2) is 23.7. The molecule has 0 fully saturated rings. The number of carboxylic acids is 1. The third-order valence-electron chi connectivity index (χ3n) is 6.34. The number of allylic oxidation sites excluding steroid dienone is 4. The third-order valence-corrected chi connectivity index (χ3v) is 6.34. The van der Waals surface area contributed by atoms with E-state index in [9.17, 15) is 19.5 Å². The monoisotopic (exact) mass is 553 g/mol. The fourth-order valence-electron chi connectivity index (χ4n) is 3.93. The summed E-state index contributed by atoms with van der Waals surface area (Å²) in [5.74, 6) is -1.88. The molecule has 0 bridgehead atoms. The molecule has 0 aromatic rings. The minimum Gasteiger partial charge on any atom is -0.544 e. The Morgan fingerprint density at radius 3 is 1.85 bits per heavy atom. The first-order valence-corrected chi connectivity index (χ1v) is 14.9. The van der Waals surface area contributed by atoms with Gasteiger partial charge < -0.3 is 28.6 Å². The molecule has 0 heterocycles. The maximum absolute atomic E-state index is 12.4. The molecule has 0 amide bonds. The van der Waals surface area contributed by atoms with Crippen LogP contribution in [0, 0.1) is 0 Å². The average Bonchev–Trinajstić information content (AvgIpc) is 2.86. The Bertz CT molecular complexity index is 712. The van der Waals surface area contributed by atoms with Crippen molar-refractivity contribution in [3.05, 3.63) is 24.3 Å². The highest BCUT2D eigenvalue weighted by atomic mass is 16.6. The SMILES string of the molecule is CCCCC/C=C/CCC(=O)OCC(COCCC(C(=O)[O-])[N+](C)(C)C)OC(=O)CC/C=C/CCCCCC. The summed E-state index contributed by atoms with van der Waals surface area (Å²) in [6, 6.07) is -0.729. The molecular weight excluding hydrogens is 498 g/mol. The van der Waals surface area contributed by atoms with Gasteiger partial charge in [-0.05, 0) is 38.5 Å². The van der Waals surface area contributed by atoms with Crippen LogP contribution in [0.15, 0.2) is 24.3 Å². The molecule has 0 spiro atoms. The molecule has 0 aliphatic carbocycles. The molecular formula is C31H55NO7. The molecule has 0 aliphatic heterocycles. The van der Waals surface area contributed by atoms with E-state index in [4.69, 9.17) is 14.2 Å². The highest BCUT2D eigenvalue weighted by Crippen LogP contribution is 2.09. The van der Waals surface area contributed by atoms with E-state index >= 15 is 0 Å². The van der Waals surface area contributed by atoms with Gasteiger partial charge in [-0.25, -0.2) is 0 Å². The highest BCUT2D eigenvalue weighted by molar-refractivity contribution is 5.70. The first-order valence-electron chi connectivity index (χ1n) is 14.9. The number of esters is 2. The van der Waals surface area contributed by atoms with Crippen LogP contribution in [0.3, 0.4) is 0 Å². The minimum absolute atomic E-state index is 0.0144. The van der Waals surface area contributed by atoms with E-state index in [1.54, 1.807) is 21.1 Å². The maximum atomic E-state index is 12.4. The molecule has 0 N–H and O–H groups in total. The van der Waals surface area contributed by atoms with E-state index in [-0.39, 0.29) is 55.5 Å². The first-order chi connectivity index (χ1) is 18.6. The van der Waals surface area contributed by atoms with Crippen molar-refractivity contribution in [3.63, 3.8) is 0 Å². The van der Waals surface area contributed by atoms with Crippen LogP contribution < -0.4 is 5.11 Å². The quantitative estimate of drug-likeness (QED) is 0.0686. The molecule has 8 nitrogen and oxygen atoms in total. The van der Waals surface area contributed by atoms with Crippen LogP contribution in [0.1, 0.15) is 104 Å². The number of hydrogen-bond donors (Lipinski definition) is 0. The van der Waals surface area contributed by atoms with Gasteiger partial charge in [-0.1, -0.05) is 70.3 Å². The molecule has 2 atom stereocenters. The molecule has 0 radical (unpaired) electrons. The molecule has 0 aromatic carbocycles. The zero-order chi connectivity index (χ0) is 29.4. The highest BCUT2D eigenvalue weighted by Gasteiger charge is 2.25. The molecule has 0 rings (SSSR count). The van der Waals surface area contributed by atoms with Crippen LogP contribution in [-0.4, -0.2) is 75.5 Å². The summed E-state index contributed by atoms with van der Waals surface area (Å²) >= 11 is 0. The third kappa shape index (κ3) is 22.3. The topological polar surface area (TPSA) is 102 Å². The molecule has 2 unspecified atom stereocenters. The predicted molar refractivity (Wildman–Crippen MR) is 153 cm³/mol. The molecule has 0 aliphatic rings. The van der Waals surface area contributed by atoms with Crippen molar-refractivity contribution in [2.24, 2.45) is 0 Å². The Labute approximate surface area is 237 Å². The van der Waals surface area contributed by atoms with E-state index in [1.807, 2.05) is 12.2 Å². The van der Waals surface area contributed by atoms with Gasteiger partial charge >= 0.3 is 11.9 Å². The summed E-state index contributed by atoms with van der Waals surface area (Å²) in [4.78, 5) is 36.1.